The number of thiophene rings is 1. The lowest BCUT2D eigenvalue weighted by Gasteiger charge is -2.35. The van der Waals surface area contributed by atoms with Crippen molar-refractivity contribution in [3.05, 3.63) is 99.3 Å². The largest absolute Gasteiger partial charge is 0.375 e. The van der Waals surface area contributed by atoms with Gasteiger partial charge in [0.2, 0.25) is 11.8 Å². The molecular weight excluding hydrogens is 534 g/mol. The van der Waals surface area contributed by atoms with E-state index in [1.54, 1.807) is 16.2 Å². The topological polar surface area (TPSA) is 79.0 Å². The number of nitrogens with zero attached hydrogens (tertiary/aromatic N) is 2. The van der Waals surface area contributed by atoms with Crippen LogP contribution in [0.5, 0.6) is 0 Å². The molecule has 0 bridgehead atoms. The summed E-state index contributed by atoms with van der Waals surface area (Å²) in [7, 11) is 1.48. The van der Waals surface area contributed by atoms with Crippen LogP contribution in [0.1, 0.15) is 37.8 Å². The first-order chi connectivity index (χ1) is 19.9. The van der Waals surface area contributed by atoms with E-state index in [2.05, 4.69) is 5.32 Å². The smallest absolute Gasteiger partial charge is 0.249 e. The molecule has 5 rings (SSSR count). The van der Waals surface area contributed by atoms with Gasteiger partial charge in [-0.1, -0.05) is 66.7 Å². The Labute approximate surface area is 245 Å². The third kappa shape index (κ3) is 5.91. The molecule has 1 N–H and O–H groups in total. The highest BCUT2D eigenvalue weighted by Gasteiger charge is 2.57. The molecule has 2 aromatic carbocycles. The fraction of sp³-hybridized carbons (Fsp3) is 0.364. The highest BCUT2D eigenvalue weighted by Crippen LogP contribution is 2.48. The van der Waals surface area contributed by atoms with Crippen LogP contribution < -0.4 is 5.32 Å². The van der Waals surface area contributed by atoms with E-state index in [-0.39, 0.29) is 24.2 Å². The molecule has 2 aliphatic rings. The molecule has 8 heteroatoms. The number of benzene rings is 2. The number of Topliss-reactive ketones (excluding diaryl/α,β-unsaturated/α-hetero) is 1. The zero-order valence-electron chi connectivity index (χ0n) is 23.8. The van der Waals surface area contributed by atoms with Gasteiger partial charge in [0.05, 0.1) is 12.0 Å². The minimum absolute atomic E-state index is 0.0607. The van der Waals surface area contributed by atoms with Gasteiger partial charge in [0.1, 0.15) is 12.6 Å². The number of likely N-dealkylation sites (tertiary alicyclic amines) is 1. The Morgan fingerprint density at radius 2 is 1.68 bits per heavy atom. The molecule has 2 amide bonds. The van der Waals surface area contributed by atoms with Gasteiger partial charge in [-0.15, -0.1) is 11.3 Å². The average molecular weight is 572 g/mol. The van der Waals surface area contributed by atoms with Crippen LogP contribution in [0.25, 0.3) is 6.08 Å². The lowest BCUT2D eigenvalue weighted by atomic mass is 9.78. The maximum atomic E-state index is 14.6. The molecule has 4 unspecified atom stereocenters. The maximum absolute atomic E-state index is 14.6. The zero-order valence-corrected chi connectivity index (χ0v) is 24.6. The van der Waals surface area contributed by atoms with Crippen molar-refractivity contribution in [2.75, 3.05) is 39.9 Å². The molecule has 41 heavy (non-hydrogen) atoms. The highest BCUT2D eigenvalue weighted by atomic mass is 32.1. The first kappa shape index (κ1) is 28.9. The summed E-state index contributed by atoms with van der Waals surface area (Å²) in [5, 5.41) is 5.31. The minimum Gasteiger partial charge on any atom is -0.375 e. The van der Waals surface area contributed by atoms with Crippen molar-refractivity contribution >= 4 is 35.0 Å². The maximum Gasteiger partial charge on any atom is 0.249 e. The standard InChI is InChI=1S/C33H37N3O4S/c1-22-9-7-8-12-25(22)31(38)28-26(14-13-24-10-5-4-6-11-24)36(27(37)21-40-3)30(29(28)32-23(2)15-20-41-32)33(39)35-18-16-34-17-19-35/h4-15,20,26,28-30,34H,16-19,21H2,1-3H3. The van der Waals surface area contributed by atoms with Gasteiger partial charge in [-0.25, -0.2) is 0 Å². The Hall–Kier alpha value is -3.59. The van der Waals surface area contributed by atoms with E-state index < -0.39 is 23.9 Å². The second-order valence-corrected chi connectivity index (χ2v) is 11.7. The number of piperazine rings is 1. The second-order valence-electron chi connectivity index (χ2n) is 10.7. The van der Waals surface area contributed by atoms with Gasteiger partial charge >= 0.3 is 0 Å². The van der Waals surface area contributed by atoms with E-state index in [4.69, 9.17) is 4.74 Å². The number of methoxy groups -OCH3 is 1. The van der Waals surface area contributed by atoms with E-state index in [0.717, 1.165) is 21.6 Å². The van der Waals surface area contributed by atoms with Crippen LogP contribution >= 0.6 is 11.3 Å². The molecule has 2 fully saturated rings. The van der Waals surface area contributed by atoms with Crippen molar-refractivity contribution in [2.24, 2.45) is 5.92 Å². The van der Waals surface area contributed by atoms with Crippen molar-refractivity contribution in [3.8, 4) is 0 Å². The molecule has 4 atom stereocenters. The van der Waals surface area contributed by atoms with Crippen LogP contribution in [0.4, 0.5) is 0 Å². The average Bonchev–Trinajstić information content (AvgIpc) is 3.57. The summed E-state index contributed by atoms with van der Waals surface area (Å²) >= 11 is 1.55. The summed E-state index contributed by atoms with van der Waals surface area (Å²) in [4.78, 5) is 47.5. The van der Waals surface area contributed by atoms with Crippen LogP contribution in [-0.4, -0.2) is 79.4 Å². The number of ether oxygens (including phenoxy) is 1. The van der Waals surface area contributed by atoms with E-state index in [9.17, 15) is 14.4 Å². The van der Waals surface area contributed by atoms with Crippen molar-refractivity contribution in [1.29, 1.82) is 0 Å². The monoisotopic (exact) mass is 571 g/mol. The first-order valence-electron chi connectivity index (χ1n) is 14.1. The number of hydrogen-bond acceptors (Lipinski definition) is 6. The van der Waals surface area contributed by atoms with E-state index in [1.807, 2.05) is 96.9 Å². The van der Waals surface area contributed by atoms with Crippen molar-refractivity contribution in [2.45, 2.75) is 31.8 Å². The third-order valence-electron chi connectivity index (χ3n) is 8.16. The quantitative estimate of drug-likeness (QED) is 0.408. The summed E-state index contributed by atoms with van der Waals surface area (Å²) in [5.74, 6) is -1.65. The molecule has 0 spiro atoms. The van der Waals surface area contributed by atoms with E-state index in [0.29, 0.717) is 31.7 Å². The molecular formula is C33H37N3O4S. The molecule has 7 nitrogen and oxygen atoms in total. The lowest BCUT2D eigenvalue weighted by Crippen LogP contribution is -2.56. The van der Waals surface area contributed by atoms with Gasteiger partial charge in [0.25, 0.3) is 0 Å². The summed E-state index contributed by atoms with van der Waals surface area (Å²) in [6, 6.07) is 17.9. The zero-order chi connectivity index (χ0) is 28.9. The molecule has 2 saturated heterocycles. The van der Waals surface area contributed by atoms with E-state index >= 15 is 0 Å². The minimum atomic E-state index is -0.837. The Balaban J connectivity index is 1.72. The van der Waals surface area contributed by atoms with Gasteiger partial charge in [-0.2, -0.15) is 0 Å². The van der Waals surface area contributed by atoms with Crippen molar-refractivity contribution in [1.82, 2.24) is 15.1 Å². The normalized spacial score (nSPS) is 22.8. The Morgan fingerprint density at radius 1 is 0.976 bits per heavy atom. The summed E-state index contributed by atoms with van der Waals surface area (Å²) in [6.45, 7) is 6.26. The molecule has 0 radical (unpaired) electrons. The predicted molar refractivity (Wildman–Crippen MR) is 162 cm³/mol. The molecule has 0 saturated carbocycles. The number of amides is 2. The molecule has 214 valence electrons. The van der Waals surface area contributed by atoms with Crippen LogP contribution in [0.3, 0.4) is 0 Å². The lowest BCUT2D eigenvalue weighted by molar-refractivity contribution is -0.147. The van der Waals surface area contributed by atoms with Gasteiger partial charge < -0.3 is 19.9 Å². The number of rotatable bonds is 8. The Bertz CT molecular complexity index is 1410. The summed E-state index contributed by atoms with van der Waals surface area (Å²) in [6.07, 6.45) is 3.89. The number of aryl methyl sites for hydroxylation is 2. The number of nitrogens with one attached hydrogen (secondary N) is 1. The Kier molecular flexibility index (Phi) is 9.12. The Morgan fingerprint density at radius 3 is 2.34 bits per heavy atom. The summed E-state index contributed by atoms with van der Waals surface area (Å²) in [5.41, 5.74) is 3.46. The third-order valence-corrected chi connectivity index (χ3v) is 9.28. The number of carbonyl (C=O) groups is 3. The number of ketones is 1. The molecule has 2 aliphatic heterocycles. The summed E-state index contributed by atoms with van der Waals surface area (Å²) < 4.78 is 5.32. The van der Waals surface area contributed by atoms with Crippen LogP contribution in [-0.2, 0) is 14.3 Å². The molecule has 3 aromatic rings. The molecule has 3 heterocycles. The van der Waals surface area contributed by atoms with E-state index in [1.165, 1.54) is 7.11 Å². The number of hydrogen-bond donors (Lipinski definition) is 1. The van der Waals surface area contributed by atoms with Crippen LogP contribution in [0.2, 0.25) is 0 Å². The SMILES string of the molecule is COCC(=O)N1C(C=Cc2ccccc2)C(C(=O)c2ccccc2C)C(c2sccc2C)C1C(=O)N1CCNCC1. The number of carbonyl (C=O) groups excluding carboxylic acids is 3. The first-order valence-corrected chi connectivity index (χ1v) is 15.0. The van der Waals surface area contributed by atoms with Crippen LogP contribution in [0, 0.1) is 19.8 Å². The highest BCUT2D eigenvalue weighted by molar-refractivity contribution is 7.10. The fourth-order valence-electron chi connectivity index (χ4n) is 6.17. The van der Waals surface area contributed by atoms with Crippen LogP contribution in [0.15, 0.2) is 72.1 Å². The second kappa shape index (κ2) is 12.9. The van der Waals surface area contributed by atoms with Gasteiger partial charge in [-0.3, -0.25) is 14.4 Å². The van der Waals surface area contributed by atoms with Crippen molar-refractivity contribution in [3.63, 3.8) is 0 Å². The van der Waals surface area contributed by atoms with Gasteiger partial charge in [-0.05, 0) is 42.0 Å². The fourth-order valence-corrected chi connectivity index (χ4v) is 7.28. The molecule has 1 aromatic heterocycles. The molecule has 0 aliphatic carbocycles. The van der Waals surface area contributed by atoms with Gasteiger partial charge in [0, 0.05) is 49.6 Å². The van der Waals surface area contributed by atoms with Gasteiger partial charge in [0.15, 0.2) is 5.78 Å². The van der Waals surface area contributed by atoms with Crippen molar-refractivity contribution < 1.29 is 19.1 Å². The predicted octanol–water partition coefficient (Wildman–Crippen LogP) is 4.32.